The Morgan fingerprint density at radius 2 is 2.14 bits per heavy atom. The number of hydrogen-bond acceptors (Lipinski definition) is 3. The summed E-state index contributed by atoms with van der Waals surface area (Å²) >= 11 is 0. The Balaban J connectivity index is 1.78. The van der Waals surface area contributed by atoms with Crippen LogP contribution in [0, 0.1) is 5.92 Å². The van der Waals surface area contributed by atoms with E-state index in [0.29, 0.717) is 31.3 Å². The van der Waals surface area contributed by atoms with Gasteiger partial charge in [0, 0.05) is 12.5 Å². The van der Waals surface area contributed by atoms with Gasteiger partial charge < -0.3 is 14.6 Å². The van der Waals surface area contributed by atoms with E-state index >= 15 is 0 Å². The van der Waals surface area contributed by atoms with Crippen molar-refractivity contribution >= 4 is 0 Å². The number of hydrogen-bond donors (Lipinski definition) is 1. The van der Waals surface area contributed by atoms with Crippen molar-refractivity contribution in [2.45, 2.75) is 50.9 Å². The quantitative estimate of drug-likeness (QED) is 0.731. The summed E-state index contributed by atoms with van der Waals surface area (Å²) in [4.78, 5) is 0. The van der Waals surface area contributed by atoms with E-state index in [0.717, 1.165) is 25.7 Å². The van der Waals surface area contributed by atoms with Gasteiger partial charge in [0.05, 0.1) is 24.9 Å². The average Bonchev–Trinajstić information content (AvgIpc) is 2.56. The summed E-state index contributed by atoms with van der Waals surface area (Å²) < 4.78 is 11.1. The first-order chi connectivity index (χ1) is 6.75. The van der Waals surface area contributed by atoms with Crippen molar-refractivity contribution < 1.29 is 14.6 Å². The SMILES string of the molecule is CC1CCC(CC2COCCC2O)O1. The summed E-state index contributed by atoms with van der Waals surface area (Å²) in [6, 6.07) is 0. The van der Waals surface area contributed by atoms with Crippen molar-refractivity contribution in [3.8, 4) is 0 Å². The molecule has 0 bridgehead atoms. The Morgan fingerprint density at radius 3 is 2.79 bits per heavy atom. The summed E-state index contributed by atoms with van der Waals surface area (Å²) in [5.74, 6) is 0.291. The van der Waals surface area contributed by atoms with E-state index in [4.69, 9.17) is 9.47 Å². The molecule has 0 aromatic rings. The van der Waals surface area contributed by atoms with Crippen molar-refractivity contribution in [2.24, 2.45) is 5.92 Å². The minimum Gasteiger partial charge on any atom is -0.393 e. The molecule has 0 saturated carbocycles. The summed E-state index contributed by atoms with van der Waals surface area (Å²) in [6.45, 7) is 3.53. The van der Waals surface area contributed by atoms with Crippen molar-refractivity contribution in [2.75, 3.05) is 13.2 Å². The first-order valence-corrected chi connectivity index (χ1v) is 5.67. The lowest BCUT2D eigenvalue weighted by Gasteiger charge is -2.29. The topological polar surface area (TPSA) is 38.7 Å². The molecule has 2 fully saturated rings. The van der Waals surface area contributed by atoms with Gasteiger partial charge in [0.15, 0.2) is 0 Å². The highest BCUT2D eigenvalue weighted by Gasteiger charge is 2.30. The summed E-state index contributed by atoms with van der Waals surface area (Å²) in [6.07, 6.45) is 4.63. The van der Waals surface area contributed by atoms with E-state index in [1.807, 2.05) is 0 Å². The number of aliphatic hydroxyl groups is 1. The van der Waals surface area contributed by atoms with E-state index in [1.165, 1.54) is 0 Å². The second-order valence-corrected chi connectivity index (χ2v) is 4.57. The second kappa shape index (κ2) is 4.60. The van der Waals surface area contributed by atoms with Crippen LogP contribution in [0.25, 0.3) is 0 Å². The van der Waals surface area contributed by atoms with Crippen LogP contribution in [0.3, 0.4) is 0 Å². The number of ether oxygens (including phenoxy) is 2. The fourth-order valence-electron chi connectivity index (χ4n) is 2.41. The van der Waals surface area contributed by atoms with Crippen LogP contribution in [0.1, 0.15) is 32.6 Å². The van der Waals surface area contributed by atoms with Crippen molar-refractivity contribution in [1.29, 1.82) is 0 Å². The third-order valence-corrected chi connectivity index (χ3v) is 3.32. The highest BCUT2D eigenvalue weighted by Crippen LogP contribution is 2.28. The summed E-state index contributed by atoms with van der Waals surface area (Å²) in [5, 5.41) is 9.76. The van der Waals surface area contributed by atoms with E-state index in [9.17, 15) is 5.11 Å². The number of rotatable bonds is 2. The van der Waals surface area contributed by atoms with Gasteiger partial charge in [-0.15, -0.1) is 0 Å². The first kappa shape index (κ1) is 10.4. The van der Waals surface area contributed by atoms with Crippen LogP contribution in [0.5, 0.6) is 0 Å². The Hall–Kier alpha value is -0.120. The third kappa shape index (κ3) is 2.47. The predicted molar refractivity (Wildman–Crippen MR) is 53.1 cm³/mol. The maximum Gasteiger partial charge on any atom is 0.0613 e. The van der Waals surface area contributed by atoms with Gasteiger partial charge >= 0.3 is 0 Å². The fraction of sp³-hybridized carbons (Fsp3) is 1.00. The molecule has 2 rings (SSSR count). The molecule has 0 aliphatic carbocycles. The minimum atomic E-state index is -0.178. The smallest absolute Gasteiger partial charge is 0.0613 e. The molecule has 3 nitrogen and oxygen atoms in total. The maximum absolute atomic E-state index is 9.76. The van der Waals surface area contributed by atoms with Crippen LogP contribution >= 0.6 is 0 Å². The lowest BCUT2D eigenvalue weighted by Crippen LogP contribution is -2.34. The van der Waals surface area contributed by atoms with Crippen LogP contribution in [0.4, 0.5) is 0 Å². The van der Waals surface area contributed by atoms with Crippen LogP contribution in [0.2, 0.25) is 0 Å². The van der Waals surface area contributed by atoms with E-state index in [1.54, 1.807) is 0 Å². The molecule has 0 spiro atoms. The predicted octanol–water partition coefficient (Wildman–Crippen LogP) is 1.34. The van der Waals surface area contributed by atoms with Crippen LogP contribution in [-0.2, 0) is 9.47 Å². The third-order valence-electron chi connectivity index (χ3n) is 3.32. The molecular formula is C11H20O3. The molecule has 14 heavy (non-hydrogen) atoms. The molecule has 0 aromatic carbocycles. The molecule has 4 unspecified atom stereocenters. The first-order valence-electron chi connectivity index (χ1n) is 5.67. The monoisotopic (exact) mass is 200 g/mol. The van der Waals surface area contributed by atoms with Gasteiger partial charge in [-0.25, -0.2) is 0 Å². The Morgan fingerprint density at radius 1 is 1.29 bits per heavy atom. The highest BCUT2D eigenvalue weighted by atomic mass is 16.5. The average molecular weight is 200 g/mol. The molecule has 4 atom stereocenters. The van der Waals surface area contributed by atoms with Crippen molar-refractivity contribution in [3.05, 3.63) is 0 Å². The lowest BCUT2D eigenvalue weighted by atomic mass is 9.92. The van der Waals surface area contributed by atoms with E-state index < -0.39 is 0 Å². The Labute approximate surface area is 85.4 Å². The Kier molecular flexibility index (Phi) is 3.42. The van der Waals surface area contributed by atoms with Gasteiger partial charge in [-0.1, -0.05) is 0 Å². The summed E-state index contributed by atoms with van der Waals surface area (Å²) in [7, 11) is 0. The normalized spacial score (nSPS) is 44.1. The van der Waals surface area contributed by atoms with Crippen LogP contribution in [0.15, 0.2) is 0 Å². The summed E-state index contributed by atoms with van der Waals surface area (Å²) in [5.41, 5.74) is 0. The molecule has 0 amide bonds. The molecule has 0 radical (unpaired) electrons. The maximum atomic E-state index is 9.76. The molecule has 2 saturated heterocycles. The largest absolute Gasteiger partial charge is 0.393 e. The van der Waals surface area contributed by atoms with Gasteiger partial charge in [0.25, 0.3) is 0 Å². The minimum absolute atomic E-state index is 0.178. The van der Waals surface area contributed by atoms with Crippen molar-refractivity contribution in [3.63, 3.8) is 0 Å². The van der Waals surface area contributed by atoms with Gasteiger partial charge in [0.1, 0.15) is 0 Å². The van der Waals surface area contributed by atoms with Gasteiger partial charge in [0.2, 0.25) is 0 Å². The zero-order chi connectivity index (χ0) is 9.97. The Bertz CT molecular complexity index is 183. The second-order valence-electron chi connectivity index (χ2n) is 4.57. The van der Waals surface area contributed by atoms with E-state index in [2.05, 4.69) is 6.92 Å². The standard InChI is InChI=1S/C11H20O3/c1-8-2-3-10(14-8)6-9-7-13-5-4-11(9)12/h8-12H,2-7H2,1H3. The van der Waals surface area contributed by atoms with E-state index in [-0.39, 0.29) is 6.10 Å². The molecule has 0 aromatic heterocycles. The van der Waals surface area contributed by atoms with Gasteiger partial charge in [-0.05, 0) is 32.6 Å². The highest BCUT2D eigenvalue weighted by molar-refractivity contribution is 4.79. The number of aliphatic hydroxyl groups excluding tert-OH is 1. The van der Waals surface area contributed by atoms with Crippen molar-refractivity contribution in [1.82, 2.24) is 0 Å². The zero-order valence-electron chi connectivity index (χ0n) is 8.82. The lowest BCUT2D eigenvalue weighted by molar-refractivity contribution is -0.0592. The molecule has 1 N–H and O–H groups in total. The van der Waals surface area contributed by atoms with Crippen LogP contribution < -0.4 is 0 Å². The molecule has 2 heterocycles. The van der Waals surface area contributed by atoms with Gasteiger partial charge in [-0.3, -0.25) is 0 Å². The zero-order valence-corrected chi connectivity index (χ0v) is 8.82. The van der Waals surface area contributed by atoms with Gasteiger partial charge in [-0.2, -0.15) is 0 Å². The fourth-order valence-corrected chi connectivity index (χ4v) is 2.41. The molecule has 82 valence electrons. The van der Waals surface area contributed by atoms with Crippen LogP contribution in [-0.4, -0.2) is 36.6 Å². The molecule has 2 aliphatic rings. The molecule has 3 heteroatoms. The molecular weight excluding hydrogens is 180 g/mol. The molecule has 2 aliphatic heterocycles.